The van der Waals surface area contributed by atoms with Gasteiger partial charge in [-0.05, 0) is 17.4 Å². The molecule has 144 valence electrons. The first-order valence-corrected chi connectivity index (χ1v) is 11.7. The summed E-state index contributed by atoms with van der Waals surface area (Å²) in [7, 11) is -3.32. The van der Waals surface area contributed by atoms with Crippen molar-refractivity contribution in [3.8, 4) is 6.07 Å². The monoisotopic (exact) mass is 413 g/mol. The highest BCUT2D eigenvalue weighted by molar-refractivity contribution is 7.88. The third-order valence-corrected chi connectivity index (χ3v) is 8.23. The summed E-state index contributed by atoms with van der Waals surface area (Å²) in [5.74, 6) is 1.32. The first kappa shape index (κ1) is 17.7. The maximum Gasteiger partial charge on any atom is 0.218 e. The Hall–Kier alpha value is -2.41. The fourth-order valence-electron chi connectivity index (χ4n) is 4.33. The van der Waals surface area contributed by atoms with Crippen molar-refractivity contribution in [2.45, 2.75) is 5.75 Å². The van der Waals surface area contributed by atoms with E-state index in [-0.39, 0.29) is 17.6 Å². The zero-order valence-electron chi connectivity index (χ0n) is 15.1. The van der Waals surface area contributed by atoms with Crippen LogP contribution >= 0.6 is 11.3 Å². The van der Waals surface area contributed by atoms with Gasteiger partial charge in [-0.25, -0.2) is 12.7 Å². The van der Waals surface area contributed by atoms with Crippen molar-refractivity contribution in [3.05, 3.63) is 53.2 Å². The average Bonchev–Trinajstić information content (AvgIpc) is 3.40. The second kappa shape index (κ2) is 6.58. The van der Waals surface area contributed by atoms with E-state index in [1.165, 1.54) is 11.3 Å². The van der Waals surface area contributed by atoms with Gasteiger partial charge in [-0.1, -0.05) is 30.3 Å². The van der Waals surface area contributed by atoms with Gasteiger partial charge in [0.25, 0.3) is 0 Å². The minimum Gasteiger partial charge on any atom is -0.353 e. The van der Waals surface area contributed by atoms with E-state index in [4.69, 9.17) is 0 Å². The van der Waals surface area contributed by atoms with Crippen LogP contribution in [0.4, 0.5) is 5.82 Å². The van der Waals surface area contributed by atoms with Gasteiger partial charge in [0.15, 0.2) is 16.5 Å². The fourth-order valence-corrected chi connectivity index (χ4v) is 6.67. The van der Waals surface area contributed by atoms with Crippen LogP contribution in [-0.2, 0) is 15.8 Å². The van der Waals surface area contributed by atoms with Crippen LogP contribution in [0.5, 0.6) is 0 Å². The molecule has 2 aliphatic rings. The Balaban J connectivity index is 1.31. The van der Waals surface area contributed by atoms with Crippen LogP contribution in [0.2, 0.25) is 0 Å². The molecule has 9 heteroatoms. The van der Waals surface area contributed by atoms with Gasteiger partial charge in [0.2, 0.25) is 10.0 Å². The lowest BCUT2D eigenvalue weighted by Gasteiger charge is -2.21. The molecule has 0 spiro atoms. The molecule has 7 nitrogen and oxygen atoms in total. The van der Waals surface area contributed by atoms with Crippen molar-refractivity contribution in [3.63, 3.8) is 0 Å². The Bertz CT molecular complexity index is 1150. The molecule has 0 aliphatic carbocycles. The van der Waals surface area contributed by atoms with Crippen molar-refractivity contribution in [1.29, 1.82) is 5.26 Å². The quantitative estimate of drug-likeness (QED) is 0.655. The molecule has 2 fully saturated rings. The van der Waals surface area contributed by atoms with Gasteiger partial charge < -0.3 is 4.90 Å². The molecule has 2 atom stereocenters. The molecule has 0 amide bonds. The van der Waals surface area contributed by atoms with Crippen molar-refractivity contribution < 1.29 is 8.42 Å². The van der Waals surface area contributed by atoms with Crippen LogP contribution < -0.4 is 4.90 Å². The molecule has 1 aromatic carbocycles. The Morgan fingerprint density at radius 1 is 1.14 bits per heavy atom. The predicted molar refractivity (Wildman–Crippen MR) is 108 cm³/mol. The van der Waals surface area contributed by atoms with E-state index in [2.05, 4.69) is 16.0 Å². The van der Waals surface area contributed by atoms with Gasteiger partial charge in [0, 0.05) is 37.8 Å². The van der Waals surface area contributed by atoms with Gasteiger partial charge in [-0.2, -0.15) is 10.2 Å². The van der Waals surface area contributed by atoms with Crippen molar-refractivity contribution in [2.75, 3.05) is 31.1 Å². The van der Waals surface area contributed by atoms with E-state index in [1.807, 2.05) is 46.3 Å². The largest absolute Gasteiger partial charge is 0.353 e. The standard InChI is InChI=1S/C19H19N5O2S2/c20-8-17-18(21-19-24(17)6-7-27-19)22-9-15-11-23(12-16(15)10-22)28(25,26)13-14-4-2-1-3-5-14/h1-7,15-16H,9-13H2. The number of aromatic nitrogens is 2. The number of benzene rings is 1. The van der Waals surface area contributed by atoms with Crippen LogP contribution in [0.1, 0.15) is 11.3 Å². The number of hydrogen-bond donors (Lipinski definition) is 0. The molecule has 0 saturated carbocycles. The van der Waals surface area contributed by atoms with Crippen LogP contribution in [0.15, 0.2) is 41.9 Å². The first-order chi connectivity index (χ1) is 13.5. The zero-order chi connectivity index (χ0) is 19.3. The summed E-state index contributed by atoms with van der Waals surface area (Å²) in [5, 5.41) is 11.5. The maximum absolute atomic E-state index is 12.8. The van der Waals surface area contributed by atoms with E-state index in [0.717, 1.165) is 29.4 Å². The van der Waals surface area contributed by atoms with Crippen molar-refractivity contribution in [2.24, 2.45) is 11.8 Å². The van der Waals surface area contributed by atoms with Crippen LogP contribution in [-0.4, -0.2) is 48.3 Å². The molecule has 0 N–H and O–H groups in total. The van der Waals surface area contributed by atoms with Crippen molar-refractivity contribution >= 4 is 32.1 Å². The summed E-state index contributed by atoms with van der Waals surface area (Å²) in [6.07, 6.45) is 1.86. The fraction of sp³-hybridized carbons (Fsp3) is 0.368. The van der Waals surface area contributed by atoms with Gasteiger partial charge in [-0.15, -0.1) is 11.3 Å². The minimum atomic E-state index is -3.32. The molecule has 28 heavy (non-hydrogen) atoms. The summed E-state index contributed by atoms with van der Waals surface area (Å²) in [6, 6.07) is 11.6. The van der Waals surface area contributed by atoms with E-state index in [1.54, 1.807) is 4.31 Å². The molecule has 4 heterocycles. The summed E-state index contributed by atoms with van der Waals surface area (Å²) in [6.45, 7) is 2.56. The Morgan fingerprint density at radius 3 is 2.54 bits per heavy atom. The van der Waals surface area contributed by atoms with Gasteiger partial charge in [0.1, 0.15) is 6.07 Å². The SMILES string of the molecule is N#Cc1c(N2CC3CN(S(=O)(=O)Cc4ccccc4)CC3C2)nc2sccn12. The molecule has 2 aliphatic heterocycles. The minimum absolute atomic E-state index is 0.0485. The number of nitrogens with zero attached hydrogens (tertiary/aromatic N) is 5. The normalized spacial score (nSPS) is 22.6. The van der Waals surface area contributed by atoms with E-state index in [9.17, 15) is 13.7 Å². The summed E-state index contributed by atoms with van der Waals surface area (Å²) < 4.78 is 29.1. The average molecular weight is 414 g/mol. The lowest BCUT2D eigenvalue weighted by Crippen LogP contribution is -2.34. The lowest BCUT2D eigenvalue weighted by molar-refractivity contribution is 0.452. The lowest BCUT2D eigenvalue weighted by atomic mass is 10.0. The third-order valence-electron chi connectivity index (χ3n) is 5.69. The number of hydrogen-bond acceptors (Lipinski definition) is 6. The van der Waals surface area contributed by atoms with E-state index < -0.39 is 10.0 Å². The topological polar surface area (TPSA) is 81.7 Å². The number of fused-ring (bicyclic) bond motifs is 2. The molecular formula is C19H19N5O2S2. The molecule has 2 saturated heterocycles. The molecule has 5 rings (SSSR count). The third kappa shape index (κ3) is 2.89. The number of thiazole rings is 1. The van der Waals surface area contributed by atoms with Crippen LogP contribution in [0.3, 0.4) is 0 Å². The number of anilines is 1. The highest BCUT2D eigenvalue weighted by Crippen LogP contribution is 2.37. The van der Waals surface area contributed by atoms with E-state index in [0.29, 0.717) is 18.8 Å². The molecular weight excluding hydrogens is 394 g/mol. The molecule has 3 aromatic rings. The first-order valence-electron chi connectivity index (χ1n) is 9.17. The highest BCUT2D eigenvalue weighted by Gasteiger charge is 2.44. The van der Waals surface area contributed by atoms with Crippen molar-refractivity contribution in [1.82, 2.24) is 13.7 Å². The number of rotatable bonds is 4. The molecule has 0 radical (unpaired) electrons. The summed E-state index contributed by atoms with van der Waals surface area (Å²) in [5.41, 5.74) is 1.38. The van der Waals surface area contributed by atoms with Crippen LogP contribution in [0.25, 0.3) is 4.96 Å². The number of nitriles is 1. The van der Waals surface area contributed by atoms with E-state index >= 15 is 0 Å². The summed E-state index contributed by atoms with van der Waals surface area (Å²) >= 11 is 1.51. The second-order valence-corrected chi connectivity index (χ2v) is 10.3. The zero-order valence-corrected chi connectivity index (χ0v) is 16.7. The molecule has 2 aromatic heterocycles. The molecule has 2 unspecified atom stereocenters. The summed E-state index contributed by atoms with van der Waals surface area (Å²) in [4.78, 5) is 7.59. The number of imidazole rings is 1. The van der Waals surface area contributed by atoms with Gasteiger partial charge in [-0.3, -0.25) is 4.40 Å². The second-order valence-electron chi connectivity index (χ2n) is 7.44. The maximum atomic E-state index is 12.8. The predicted octanol–water partition coefficient (Wildman–Crippen LogP) is 2.17. The van der Waals surface area contributed by atoms with Gasteiger partial charge in [0.05, 0.1) is 5.75 Å². The smallest absolute Gasteiger partial charge is 0.218 e. The van der Waals surface area contributed by atoms with Gasteiger partial charge >= 0.3 is 0 Å². The number of sulfonamides is 1. The Morgan fingerprint density at radius 2 is 1.86 bits per heavy atom. The highest BCUT2D eigenvalue weighted by atomic mass is 32.2. The molecule has 0 bridgehead atoms. The Kier molecular flexibility index (Phi) is 4.16. The van der Waals surface area contributed by atoms with Crippen LogP contribution in [0, 0.1) is 23.2 Å². The Labute approximate surface area is 167 Å².